The van der Waals surface area contributed by atoms with E-state index >= 15 is 0 Å². The van der Waals surface area contributed by atoms with Crippen LogP contribution in [0.3, 0.4) is 0 Å². The summed E-state index contributed by atoms with van der Waals surface area (Å²) in [5.41, 5.74) is 0.383. The van der Waals surface area contributed by atoms with Gasteiger partial charge in [0.15, 0.2) is 0 Å². The fourth-order valence-corrected chi connectivity index (χ4v) is 2.36. The van der Waals surface area contributed by atoms with E-state index < -0.39 is 18.0 Å². The van der Waals surface area contributed by atoms with Crippen LogP contribution in [-0.4, -0.2) is 40.3 Å². The van der Waals surface area contributed by atoms with E-state index in [2.05, 4.69) is 0 Å². The molecule has 1 fully saturated rings. The summed E-state index contributed by atoms with van der Waals surface area (Å²) in [7, 11) is 0. The maximum Gasteiger partial charge on any atom is 0.225 e. The lowest BCUT2D eigenvalue weighted by Gasteiger charge is -2.28. The van der Waals surface area contributed by atoms with Crippen molar-refractivity contribution in [3.05, 3.63) is 35.6 Å². The Kier molecular flexibility index (Phi) is 3.93. The van der Waals surface area contributed by atoms with Crippen molar-refractivity contribution in [3.63, 3.8) is 0 Å². The number of likely N-dealkylation sites (tertiary alicyclic amines) is 1. The number of hydrogen-bond acceptors (Lipinski definition) is 3. The Morgan fingerprint density at radius 2 is 2.17 bits per heavy atom. The van der Waals surface area contributed by atoms with Crippen molar-refractivity contribution in [2.45, 2.75) is 25.0 Å². The number of aliphatic hydroxyl groups excluding tert-OH is 2. The third kappa shape index (κ3) is 2.52. The van der Waals surface area contributed by atoms with E-state index in [4.69, 9.17) is 5.11 Å². The Morgan fingerprint density at radius 1 is 1.44 bits per heavy atom. The molecule has 5 heteroatoms. The fraction of sp³-hybridized carbons (Fsp3) is 0.462. The van der Waals surface area contributed by atoms with E-state index in [1.54, 1.807) is 18.2 Å². The minimum absolute atomic E-state index is 0.0659. The van der Waals surface area contributed by atoms with Gasteiger partial charge in [0, 0.05) is 18.7 Å². The molecule has 1 amide bonds. The van der Waals surface area contributed by atoms with Crippen LogP contribution in [0.1, 0.15) is 24.4 Å². The lowest BCUT2D eigenvalue weighted by Crippen LogP contribution is -2.32. The fourth-order valence-electron chi connectivity index (χ4n) is 2.36. The normalized spacial score (nSPS) is 21.4. The molecule has 0 aromatic heterocycles. The van der Waals surface area contributed by atoms with Crippen LogP contribution in [-0.2, 0) is 4.79 Å². The van der Waals surface area contributed by atoms with Crippen molar-refractivity contribution < 1.29 is 19.4 Å². The van der Waals surface area contributed by atoms with Gasteiger partial charge in [-0.05, 0) is 12.5 Å². The number of nitrogens with zero attached hydrogens (tertiary/aromatic N) is 1. The first-order chi connectivity index (χ1) is 8.63. The zero-order valence-electron chi connectivity index (χ0n) is 9.92. The maximum atomic E-state index is 13.8. The molecular formula is C13H16FNO3. The van der Waals surface area contributed by atoms with Crippen molar-refractivity contribution in [2.75, 3.05) is 13.2 Å². The number of aliphatic hydroxyl groups is 2. The van der Waals surface area contributed by atoms with Gasteiger partial charge in [0.1, 0.15) is 5.82 Å². The molecule has 18 heavy (non-hydrogen) atoms. The molecule has 0 spiro atoms. The van der Waals surface area contributed by atoms with Gasteiger partial charge < -0.3 is 15.1 Å². The zero-order chi connectivity index (χ0) is 13.1. The van der Waals surface area contributed by atoms with Gasteiger partial charge in [0.25, 0.3) is 0 Å². The van der Waals surface area contributed by atoms with Crippen LogP contribution in [0.25, 0.3) is 0 Å². The predicted molar refractivity (Wildman–Crippen MR) is 63.2 cm³/mol. The topological polar surface area (TPSA) is 60.8 Å². The number of rotatable bonds is 4. The van der Waals surface area contributed by atoms with Crippen molar-refractivity contribution in [2.24, 2.45) is 0 Å². The Labute approximate surface area is 105 Å². The monoisotopic (exact) mass is 253 g/mol. The summed E-state index contributed by atoms with van der Waals surface area (Å²) in [6, 6.07) is 5.69. The molecule has 4 nitrogen and oxygen atoms in total. The van der Waals surface area contributed by atoms with E-state index in [1.165, 1.54) is 11.0 Å². The Morgan fingerprint density at radius 3 is 2.72 bits per heavy atom. The third-order valence-electron chi connectivity index (χ3n) is 3.18. The molecule has 0 saturated carbocycles. The second-order valence-electron chi connectivity index (χ2n) is 4.45. The number of amides is 1. The van der Waals surface area contributed by atoms with E-state index in [0.717, 1.165) is 0 Å². The Hall–Kier alpha value is -1.46. The van der Waals surface area contributed by atoms with Gasteiger partial charge in [-0.25, -0.2) is 4.39 Å². The lowest BCUT2D eigenvalue weighted by molar-refractivity contribution is -0.130. The van der Waals surface area contributed by atoms with E-state index in [-0.39, 0.29) is 31.9 Å². The summed E-state index contributed by atoms with van der Waals surface area (Å²) in [5.74, 6) is -0.602. The van der Waals surface area contributed by atoms with Crippen molar-refractivity contribution in [1.82, 2.24) is 4.90 Å². The van der Waals surface area contributed by atoms with E-state index in [0.29, 0.717) is 5.56 Å². The second kappa shape index (κ2) is 5.46. The molecule has 0 aliphatic carbocycles. The average molecular weight is 253 g/mol. The molecule has 2 atom stereocenters. The van der Waals surface area contributed by atoms with Gasteiger partial charge in [-0.3, -0.25) is 4.79 Å². The summed E-state index contributed by atoms with van der Waals surface area (Å²) in [6.07, 6.45) is -0.374. The SMILES string of the molecule is O=C1CC(O)CN1C(CCO)c1ccccc1F. The van der Waals surface area contributed by atoms with Crippen LogP contribution in [0.15, 0.2) is 24.3 Å². The molecule has 2 rings (SSSR count). The molecule has 2 N–H and O–H groups in total. The van der Waals surface area contributed by atoms with Crippen molar-refractivity contribution in [1.29, 1.82) is 0 Å². The number of β-amino-alcohol motifs (C(OH)–C–C–N with tert-alkyl or cyclic N) is 1. The number of hydrogen-bond donors (Lipinski definition) is 2. The minimum Gasteiger partial charge on any atom is -0.396 e. The summed E-state index contributed by atoms with van der Waals surface area (Å²) in [4.78, 5) is 13.2. The molecule has 1 heterocycles. The van der Waals surface area contributed by atoms with Crippen molar-refractivity contribution >= 4 is 5.91 Å². The molecular weight excluding hydrogens is 237 g/mol. The zero-order valence-corrected chi connectivity index (χ0v) is 9.92. The average Bonchev–Trinajstić information content (AvgIpc) is 2.66. The highest BCUT2D eigenvalue weighted by Crippen LogP contribution is 2.30. The molecule has 1 aliphatic rings. The van der Waals surface area contributed by atoms with Crippen LogP contribution < -0.4 is 0 Å². The second-order valence-corrected chi connectivity index (χ2v) is 4.45. The molecule has 2 unspecified atom stereocenters. The highest BCUT2D eigenvalue weighted by atomic mass is 19.1. The molecule has 0 radical (unpaired) electrons. The van der Waals surface area contributed by atoms with Crippen LogP contribution in [0.4, 0.5) is 4.39 Å². The molecule has 1 aromatic rings. The van der Waals surface area contributed by atoms with E-state index in [1.807, 2.05) is 0 Å². The lowest BCUT2D eigenvalue weighted by atomic mass is 10.0. The van der Waals surface area contributed by atoms with Gasteiger partial charge in [-0.15, -0.1) is 0 Å². The van der Waals surface area contributed by atoms with Gasteiger partial charge in [0.05, 0.1) is 18.6 Å². The summed E-state index contributed by atoms with van der Waals surface area (Å²) in [5, 5.41) is 18.6. The van der Waals surface area contributed by atoms with Gasteiger partial charge in [-0.1, -0.05) is 18.2 Å². The van der Waals surface area contributed by atoms with Gasteiger partial charge in [0.2, 0.25) is 5.91 Å². The smallest absolute Gasteiger partial charge is 0.225 e. The number of carbonyl (C=O) groups excluding carboxylic acids is 1. The minimum atomic E-state index is -0.703. The number of benzene rings is 1. The molecule has 98 valence electrons. The predicted octanol–water partition coefficient (Wildman–Crippen LogP) is 0.842. The Balaban J connectivity index is 2.29. The number of carbonyl (C=O) groups is 1. The quantitative estimate of drug-likeness (QED) is 0.836. The van der Waals surface area contributed by atoms with Gasteiger partial charge in [-0.2, -0.15) is 0 Å². The van der Waals surface area contributed by atoms with Crippen LogP contribution in [0.5, 0.6) is 0 Å². The Bertz CT molecular complexity index is 438. The molecule has 1 aliphatic heterocycles. The van der Waals surface area contributed by atoms with Gasteiger partial charge >= 0.3 is 0 Å². The van der Waals surface area contributed by atoms with Crippen LogP contribution in [0, 0.1) is 5.82 Å². The highest BCUT2D eigenvalue weighted by Gasteiger charge is 2.34. The molecule has 1 saturated heterocycles. The van der Waals surface area contributed by atoms with Crippen LogP contribution >= 0.6 is 0 Å². The highest BCUT2D eigenvalue weighted by molar-refractivity contribution is 5.79. The standard InChI is InChI=1S/C13H16FNO3/c14-11-4-2-1-3-10(11)12(5-6-16)15-8-9(17)7-13(15)18/h1-4,9,12,16-17H,5-8H2. The first-order valence-electron chi connectivity index (χ1n) is 5.96. The third-order valence-corrected chi connectivity index (χ3v) is 3.18. The molecule has 0 bridgehead atoms. The number of halogens is 1. The first kappa shape index (κ1) is 13.0. The molecule has 1 aromatic carbocycles. The summed E-state index contributed by atoms with van der Waals surface area (Å²) in [6.45, 7) is 0.0523. The van der Waals surface area contributed by atoms with E-state index in [9.17, 15) is 14.3 Å². The van der Waals surface area contributed by atoms with Crippen LogP contribution in [0.2, 0.25) is 0 Å². The largest absolute Gasteiger partial charge is 0.396 e. The summed E-state index contributed by atoms with van der Waals surface area (Å²) < 4.78 is 13.8. The maximum absolute atomic E-state index is 13.8. The van der Waals surface area contributed by atoms with Crippen molar-refractivity contribution in [3.8, 4) is 0 Å². The first-order valence-corrected chi connectivity index (χ1v) is 5.96. The summed E-state index contributed by atoms with van der Waals surface area (Å²) >= 11 is 0.